The summed E-state index contributed by atoms with van der Waals surface area (Å²) in [5.41, 5.74) is 2.22. The second-order valence-corrected chi connectivity index (χ2v) is 7.09. The lowest BCUT2D eigenvalue weighted by atomic mass is 10.0. The molecule has 24 heavy (non-hydrogen) atoms. The van der Waals surface area contributed by atoms with E-state index in [1.807, 2.05) is 37.4 Å². The number of ether oxygens (including phenoxy) is 2. The molecule has 0 saturated heterocycles. The largest absolute Gasteiger partial charge is 0.490 e. The van der Waals surface area contributed by atoms with Gasteiger partial charge in [0.2, 0.25) is 0 Å². The van der Waals surface area contributed by atoms with Gasteiger partial charge in [-0.05, 0) is 52.7 Å². The number of hydrogen-bond donors (Lipinski definition) is 1. The van der Waals surface area contributed by atoms with E-state index in [1.54, 1.807) is 0 Å². The van der Waals surface area contributed by atoms with Crippen LogP contribution in [0.2, 0.25) is 5.02 Å². The molecule has 0 aliphatic heterocycles. The Bertz CT molecular complexity index is 676. The summed E-state index contributed by atoms with van der Waals surface area (Å²) in [6, 6.07) is 11.9. The normalized spacial score (nSPS) is 10.9. The van der Waals surface area contributed by atoms with Crippen molar-refractivity contribution < 1.29 is 9.47 Å². The molecule has 0 aliphatic rings. The van der Waals surface area contributed by atoms with Crippen LogP contribution in [-0.2, 0) is 6.54 Å². The number of hydrogen-bond acceptors (Lipinski definition) is 3. The molecule has 0 aromatic heterocycles. The Kier molecular flexibility index (Phi) is 7.40. The highest BCUT2D eigenvalue weighted by Crippen LogP contribution is 2.33. The van der Waals surface area contributed by atoms with Crippen LogP contribution in [0.5, 0.6) is 11.5 Å². The van der Waals surface area contributed by atoms with Crippen molar-refractivity contribution in [3.05, 3.63) is 57.0 Å². The van der Waals surface area contributed by atoms with Crippen molar-refractivity contribution in [3.8, 4) is 11.5 Å². The van der Waals surface area contributed by atoms with Crippen molar-refractivity contribution in [2.45, 2.75) is 26.3 Å². The SMILES string of the molecule is CNCc1cc(Cl)cc(Br)c1OCCOc1ccccc1C(C)C. The number of nitrogens with one attached hydrogen (secondary N) is 1. The zero-order valence-corrected chi connectivity index (χ0v) is 16.6. The predicted octanol–water partition coefficient (Wildman–Crippen LogP) is 5.40. The average Bonchev–Trinajstić information content (AvgIpc) is 2.53. The maximum absolute atomic E-state index is 6.11. The van der Waals surface area contributed by atoms with Crippen LogP contribution < -0.4 is 14.8 Å². The van der Waals surface area contributed by atoms with Crippen molar-refractivity contribution in [1.82, 2.24) is 5.32 Å². The lowest BCUT2D eigenvalue weighted by Crippen LogP contribution is -2.13. The van der Waals surface area contributed by atoms with Gasteiger partial charge < -0.3 is 14.8 Å². The number of para-hydroxylation sites is 1. The molecule has 130 valence electrons. The zero-order valence-electron chi connectivity index (χ0n) is 14.2. The fourth-order valence-corrected chi connectivity index (χ4v) is 3.47. The molecule has 5 heteroatoms. The Morgan fingerprint density at radius 2 is 1.83 bits per heavy atom. The molecule has 2 aromatic rings. The summed E-state index contributed by atoms with van der Waals surface area (Å²) in [4.78, 5) is 0. The van der Waals surface area contributed by atoms with Gasteiger partial charge in [0.15, 0.2) is 0 Å². The molecule has 0 heterocycles. The lowest BCUT2D eigenvalue weighted by Gasteiger charge is -2.16. The smallest absolute Gasteiger partial charge is 0.138 e. The van der Waals surface area contributed by atoms with Gasteiger partial charge in [0.25, 0.3) is 0 Å². The second-order valence-electron chi connectivity index (χ2n) is 5.80. The van der Waals surface area contributed by atoms with E-state index < -0.39 is 0 Å². The van der Waals surface area contributed by atoms with Gasteiger partial charge in [-0.25, -0.2) is 0 Å². The third-order valence-electron chi connectivity index (χ3n) is 3.58. The number of halogens is 2. The first-order valence-electron chi connectivity index (χ1n) is 8.00. The Hall–Kier alpha value is -1.23. The number of rotatable bonds is 8. The molecule has 2 aromatic carbocycles. The Balaban J connectivity index is 1.98. The highest BCUT2D eigenvalue weighted by atomic mass is 79.9. The van der Waals surface area contributed by atoms with Crippen molar-refractivity contribution in [2.24, 2.45) is 0 Å². The molecule has 3 nitrogen and oxygen atoms in total. The van der Waals surface area contributed by atoms with Gasteiger partial charge in [-0.2, -0.15) is 0 Å². The van der Waals surface area contributed by atoms with Crippen molar-refractivity contribution in [2.75, 3.05) is 20.3 Å². The van der Waals surface area contributed by atoms with Gasteiger partial charge in [0.1, 0.15) is 24.7 Å². The number of benzene rings is 2. The molecule has 0 saturated carbocycles. The average molecular weight is 413 g/mol. The third-order valence-corrected chi connectivity index (χ3v) is 4.39. The molecule has 1 N–H and O–H groups in total. The first-order valence-corrected chi connectivity index (χ1v) is 9.17. The predicted molar refractivity (Wildman–Crippen MR) is 103 cm³/mol. The summed E-state index contributed by atoms with van der Waals surface area (Å²) in [5, 5.41) is 3.81. The van der Waals surface area contributed by atoms with Crippen LogP contribution >= 0.6 is 27.5 Å². The lowest BCUT2D eigenvalue weighted by molar-refractivity contribution is 0.213. The molecule has 0 aliphatic carbocycles. The maximum Gasteiger partial charge on any atom is 0.138 e. The van der Waals surface area contributed by atoms with E-state index in [0.717, 1.165) is 21.5 Å². The van der Waals surface area contributed by atoms with Crippen LogP contribution in [0.4, 0.5) is 0 Å². The second kappa shape index (κ2) is 9.30. The molecular formula is C19H23BrClNO2. The summed E-state index contributed by atoms with van der Waals surface area (Å²) in [6.45, 7) is 5.95. The first kappa shape index (κ1) is 19.1. The van der Waals surface area contributed by atoms with Crippen molar-refractivity contribution in [3.63, 3.8) is 0 Å². The molecule has 0 radical (unpaired) electrons. The molecular weight excluding hydrogens is 390 g/mol. The summed E-state index contributed by atoms with van der Waals surface area (Å²) < 4.78 is 12.7. The third kappa shape index (κ3) is 5.13. The topological polar surface area (TPSA) is 30.5 Å². The molecule has 2 rings (SSSR count). The van der Waals surface area contributed by atoms with E-state index in [0.29, 0.717) is 30.7 Å². The zero-order chi connectivity index (χ0) is 17.5. The standard InChI is InChI=1S/C19H23BrClNO2/c1-13(2)16-6-4-5-7-18(16)23-8-9-24-19-14(12-22-3)10-15(21)11-17(19)20/h4-7,10-11,13,22H,8-9,12H2,1-3H3. The van der Waals surface area contributed by atoms with Crippen LogP contribution in [0.3, 0.4) is 0 Å². The minimum absolute atomic E-state index is 0.426. The van der Waals surface area contributed by atoms with Crippen molar-refractivity contribution in [1.29, 1.82) is 0 Å². The van der Waals surface area contributed by atoms with E-state index in [1.165, 1.54) is 5.56 Å². The van der Waals surface area contributed by atoms with Gasteiger partial charge in [-0.3, -0.25) is 0 Å². The van der Waals surface area contributed by atoms with Gasteiger partial charge in [-0.1, -0.05) is 43.6 Å². The van der Waals surface area contributed by atoms with Crippen LogP contribution in [0.25, 0.3) is 0 Å². The van der Waals surface area contributed by atoms with E-state index >= 15 is 0 Å². The quantitative estimate of drug-likeness (QED) is 0.589. The van der Waals surface area contributed by atoms with E-state index in [9.17, 15) is 0 Å². The first-order chi connectivity index (χ1) is 11.5. The Morgan fingerprint density at radius 1 is 1.12 bits per heavy atom. The fraction of sp³-hybridized carbons (Fsp3) is 0.368. The Labute approximate surface area is 157 Å². The summed E-state index contributed by atoms with van der Waals surface area (Å²) in [6.07, 6.45) is 0. The monoisotopic (exact) mass is 411 g/mol. The summed E-state index contributed by atoms with van der Waals surface area (Å²) >= 11 is 9.63. The highest BCUT2D eigenvalue weighted by Gasteiger charge is 2.11. The summed E-state index contributed by atoms with van der Waals surface area (Å²) in [5.74, 6) is 2.14. The Morgan fingerprint density at radius 3 is 2.54 bits per heavy atom. The maximum atomic E-state index is 6.11. The van der Waals surface area contributed by atoms with Gasteiger partial charge in [0, 0.05) is 17.1 Å². The minimum Gasteiger partial charge on any atom is -0.490 e. The van der Waals surface area contributed by atoms with Crippen LogP contribution in [0.1, 0.15) is 30.9 Å². The van der Waals surface area contributed by atoms with Gasteiger partial charge in [0.05, 0.1) is 4.47 Å². The highest BCUT2D eigenvalue weighted by molar-refractivity contribution is 9.10. The van der Waals surface area contributed by atoms with Crippen LogP contribution in [0.15, 0.2) is 40.9 Å². The van der Waals surface area contributed by atoms with E-state index in [-0.39, 0.29) is 0 Å². The van der Waals surface area contributed by atoms with Crippen molar-refractivity contribution >= 4 is 27.5 Å². The van der Waals surface area contributed by atoms with Gasteiger partial charge >= 0.3 is 0 Å². The van der Waals surface area contributed by atoms with Crippen LogP contribution in [0, 0.1) is 0 Å². The minimum atomic E-state index is 0.426. The molecule has 0 fully saturated rings. The molecule has 0 atom stereocenters. The summed E-state index contributed by atoms with van der Waals surface area (Å²) in [7, 11) is 1.89. The van der Waals surface area contributed by atoms with E-state index in [4.69, 9.17) is 21.1 Å². The molecule has 0 amide bonds. The van der Waals surface area contributed by atoms with Gasteiger partial charge in [-0.15, -0.1) is 0 Å². The molecule has 0 bridgehead atoms. The fourth-order valence-electron chi connectivity index (χ4n) is 2.48. The molecule has 0 unspecified atom stereocenters. The molecule has 0 spiro atoms. The van der Waals surface area contributed by atoms with Crippen LogP contribution in [-0.4, -0.2) is 20.3 Å². The van der Waals surface area contributed by atoms with E-state index in [2.05, 4.69) is 41.2 Å².